The SMILES string of the molecule is [CH2]C(=S)CC([CH2])=S. The van der Waals surface area contributed by atoms with Gasteiger partial charge in [-0.05, 0) is 23.6 Å². The van der Waals surface area contributed by atoms with Gasteiger partial charge in [-0.2, -0.15) is 0 Å². The summed E-state index contributed by atoms with van der Waals surface area (Å²) in [5.74, 6) is 0. The zero-order valence-corrected chi connectivity index (χ0v) is 5.57. The van der Waals surface area contributed by atoms with Crippen molar-refractivity contribution in [3.05, 3.63) is 13.8 Å². The fraction of sp³-hybridized carbons (Fsp3) is 0.200. The first kappa shape index (κ1) is 7.18. The molecule has 0 saturated heterocycles. The smallest absolute Gasteiger partial charge is 0.0102 e. The van der Waals surface area contributed by atoms with Crippen LogP contribution in [0.5, 0.6) is 0 Å². The summed E-state index contributed by atoms with van der Waals surface area (Å²) in [5.41, 5.74) is 0. The lowest BCUT2D eigenvalue weighted by Crippen LogP contribution is -1.93. The van der Waals surface area contributed by atoms with Gasteiger partial charge in [-0.1, -0.05) is 24.4 Å². The Bertz CT molecular complexity index is 82.3. The van der Waals surface area contributed by atoms with Gasteiger partial charge in [0, 0.05) is 6.42 Å². The van der Waals surface area contributed by atoms with Crippen molar-refractivity contribution < 1.29 is 0 Å². The molecule has 0 aliphatic rings. The van der Waals surface area contributed by atoms with Crippen LogP contribution in [0.4, 0.5) is 0 Å². The molecule has 0 aromatic heterocycles. The molecule has 0 aliphatic carbocycles. The molecule has 0 amide bonds. The minimum Gasteiger partial charge on any atom is -0.0893 e. The lowest BCUT2D eigenvalue weighted by Gasteiger charge is -1.88. The maximum Gasteiger partial charge on any atom is 0.0102 e. The van der Waals surface area contributed by atoms with E-state index in [9.17, 15) is 0 Å². The minimum absolute atomic E-state index is 0.602. The molecule has 38 valence electrons. The van der Waals surface area contributed by atoms with Crippen LogP contribution >= 0.6 is 24.4 Å². The van der Waals surface area contributed by atoms with E-state index in [1.165, 1.54) is 0 Å². The Morgan fingerprint density at radius 3 is 1.43 bits per heavy atom. The fourth-order valence-corrected chi connectivity index (χ4v) is 0.660. The maximum atomic E-state index is 4.63. The van der Waals surface area contributed by atoms with E-state index in [1.54, 1.807) is 0 Å². The fourth-order valence-electron chi connectivity index (χ4n) is 0.220. The predicted octanol–water partition coefficient (Wildman–Crippen LogP) is 1.78. The molecular weight excluding hydrogens is 124 g/mol. The van der Waals surface area contributed by atoms with E-state index in [2.05, 4.69) is 38.3 Å². The highest BCUT2D eigenvalue weighted by Crippen LogP contribution is 1.86. The van der Waals surface area contributed by atoms with Gasteiger partial charge in [0.05, 0.1) is 0 Å². The topological polar surface area (TPSA) is 0 Å². The average Bonchev–Trinajstić information content (AvgIpc) is 1.27. The highest BCUT2D eigenvalue weighted by molar-refractivity contribution is 7.82. The summed E-state index contributed by atoms with van der Waals surface area (Å²) in [4.78, 5) is 1.33. The molecule has 0 bridgehead atoms. The van der Waals surface area contributed by atoms with Crippen LogP contribution in [0.25, 0.3) is 0 Å². The molecule has 0 unspecified atom stereocenters. The van der Waals surface area contributed by atoms with Crippen molar-refractivity contribution >= 4 is 34.2 Å². The lowest BCUT2D eigenvalue weighted by atomic mass is 10.3. The Morgan fingerprint density at radius 2 is 1.43 bits per heavy atom. The summed E-state index contributed by atoms with van der Waals surface area (Å²) >= 11 is 9.27. The van der Waals surface area contributed by atoms with Crippen molar-refractivity contribution in [2.45, 2.75) is 6.42 Å². The second-order valence-electron chi connectivity index (χ2n) is 1.25. The predicted molar refractivity (Wildman–Crippen MR) is 40.5 cm³/mol. The quantitative estimate of drug-likeness (QED) is 0.523. The number of hydrogen-bond donors (Lipinski definition) is 0. The second-order valence-corrected chi connectivity index (χ2v) is 2.41. The summed E-state index contributed by atoms with van der Waals surface area (Å²) in [6, 6.07) is 0. The Balaban J connectivity index is 3.32. The van der Waals surface area contributed by atoms with E-state index in [0.29, 0.717) is 16.1 Å². The number of thiocarbonyl (C=S) groups is 2. The second kappa shape index (κ2) is 3.22. The molecule has 0 heterocycles. The molecule has 0 nitrogen and oxygen atoms in total. The van der Waals surface area contributed by atoms with Gasteiger partial charge in [-0.25, -0.2) is 0 Å². The standard InChI is InChI=1S/C5H6S2/c1-4(6)3-5(2)7/h1-3H2. The van der Waals surface area contributed by atoms with Crippen LogP contribution in [0.15, 0.2) is 0 Å². The molecule has 0 aromatic rings. The zero-order chi connectivity index (χ0) is 5.86. The lowest BCUT2D eigenvalue weighted by molar-refractivity contribution is 1.72. The third kappa shape index (κ3) is 6.18. The van der Waals surface area contributed by atoms with Gasteiger partial charge in [0.1, 0.15) is 0 Å². The molecular formula is C5H6S2. The molecule has 2 radical (unpaired) electrons. The van der Waals surface area contributed by atoms with Crippen molar-refractivity contribution in [3.63, 3.8) is 0 Å². The van der Waals surface area contributed by atoms with Gasteiger partial charge in [0.25, 0.3) is 0 Å². The first-order valence-electron chi connectivity index (χ1n) is 1.82. The normalized spacial score (nSPS) is 8.29. The molecule has 0 aliphatic heterocycles. The van der Waals surface area contributed by atoms with Crippen LogP contribution < -0.4 is 0 Å². The van der Waals surface area contributed by atoms with Crippen molar-refractivity contribution in [3.8, 4) is 0 Å². The summed E-state index contributed by atoms with van der Waals surface area (Å²) in [5, 5.41) is 0. The molecule has 0 aromatic carbocycles. The van der Waals surface area contributed by atoms with Crippen molar-refractivity contribution in [2.75, 3.05) is 0 Å². The molecule has 0 N–H and O–H groups in total. The van der Waals surface area contributed by atoms with E-state index < -0.39 is 0 Å². The molecule has 0 saturated carbocycles. The summed E-state index contributed by atoms with van der Waals surface area (Å²) < 4.78 is 0. The van der Waals surface area contributed by atoms with Crippen LogP contribution in [-0.4, -0.2) is 9.73 Å². The molecule has 0 fully saturated rings. The average molecular weight is 130 g/mol. The van der Waals surface area contributed by atoms with Crippen LogP contribution in [0.1, 0.15) is 6.42 Å². The minimum atomic E-state index is 0.602. The summed E-state index contributed by atoms with van der Waals surface area (Å²) in [6.07, 6.45) is 0.602. The first-order chi connectivity index (χ1) is 3.13. The summed E-state index contributed by atoms with van der Waals surface area (Å²) in [6.45, 7) is 6.97. The third-order valence-electron chi connectivity index (χ3n) is 0.394. The van der Waals surface area contributed by atoms with Gasteiger partial charge in [-0.15, -0.1) is 0 Å². The molecule has 0 atom stereocenters. The van der Waals surface area contributed by atoms with E-state index in [0.717, 1.165) is 0 Å². The van der Waals surface area contributed by atoms with Crippen LogP contribution in [-0.2, 0) is 0 Å². The highest BCUT2D eigenvalue weighted by Gasteiger charge is 1.87. The third-order valence-corrected chi connectivity index (χ3v) is 0.683. The van der Waals surface area contributed by atoms with Gasteiger partial charge in [-0.3, -0.25) is 0 Å². The first-order valence-corrected chi connectivity index (χ1v) is 2.64. The van der Waals surface area contributed by atoms with Gasteiger partial charge >= 0.3 is 0 Å². The molecule has 7 heavy (non-hydrogen) atoms. The maximum absolute atomic E-state index is 4.63. The van der Waals surface area contributed by atoms with E-state index in [-0.39, 0.29) is 0 Å². The van der Waals surface area contributed by atoms with Gasteiger partial charge < -0.3 is 0 Å². The van der Waals surface area contributed by atoms with E-state index in [1.807, 2.05) is 0 Å². The zero-order valence-electron chi connectivity index (χ0n) is 3.94. The molecule has 0 rings (SSSR count). The van der Waals surface area contributed by atoms with Crippen molar-refractivity contribution in [1.29, 1.82) is 0 Å². The molecule has 2 heteroatoms. The van der Waals surface area contributed by atoms with Crippen molar-refractivity contribution in [1.82, 2.24) is 0 Å². The monoisotopic (exact) mass is 130 g/mol. The Hall–Kier alpha value is 0.180. The van der Waals surface area contributed by atoms with Crippen LogP contribution in [0.3, 0.4) is 0 Å². The Morgan fingerprint density at radius 1 is 1.14 bits per heavy atom. The number of hydrogen-bond acceptors (Lipinski definition) is 2. The van der Waals surface area contributed by atoms with E-state index in [4.69, 9.17) is 0 Å². The summed E-state index contributed by atoms with van der Waals surface area (Å²) in [7, 11) is 0. The van der Waals surface area contributed by atoms with E-state index >= 15 is 0 Å². The Labute approximate surface area is 54.9 Å². The Kier molecular flexibility index (Phi) is 3.30. The molecule has 0 spiro atoms. The van der Waals surface area contributed by atoms with Gasteiger partial charge in [0.15, 0.2) is 0 Å². The largest absolute Gasteiger partial charge is 0.0893 e. The highest BCUT2D eigenvalue weighted by atomic mass is 32.1. The van der Waals surface area contributed by atoms with Crippen LogP contribution in [0, 0.1) is 13.8 Å². The van der Waals surface area contributed by atoms with Crippen LogP contribution in [0.2, 0.25) is 0 Å². The number of rotatable bonds is 2. The van der Waals surface area contributed by atoms with Crippen molar-refractivity contribution in [2.24, 2.45) is 0 Å². The van der Waals surface area contributed by atoms with Gasteiger partial charge in [0.2, 0.25) is 0 Å².